The highest BCUT2D eigenvalue weighted by Crippen LogP contribution is 2.33. The lowest BCUT2D eigenvalue weighted by atomic mass is 9.85. The standard InChI is InChI=1S/C13H26N2/c1-3-8-15(2)10-12-9-11-6-4-5-7-13(11)14-12/h11-14H,3-10H2,1-2H3. The fourth-order valence-corrected chi connectivity index (χ4v) is 3.42. The van der Waals surface area contributed by atoms with Gasteiger partial charge in [0, 0.05) is 18.6 Å². The summed E-state index contributed by atoms with van der Waals surface area (Å²) in [6.45, 7) is 4.76. The van der Waals surface area contributed by atoms with E-state index in [0.717, 1.165) is 18.0 Å². The molecule has 0 spiro atoms. The number of rotatable bonds is 4. The van der Waals surface area contributed by atoms with E-state index in [-0.39, 0.29) is 0 Å². The molecule has 0 aromatic carbocycles. The number of nitrogens with one attached hydrogen (secondary N) is 1. The molecule has 0 amide bonds. The van der Waals surface area contributed by atoms with Crippen molar-refractivity contribution in [3.8, 4) is 0 Å². The van der Waals surface area contributed by atoms with E-state index in [1.54, 1.807) is 0 Å². The lowest BCUT2D eigenvalue weighted by Gasteiger charge is -2.24. The van der Waals surface area contributed by atoms with Gasteiger partial charge in [-0.3, -0.25) is 0 Å². The minimum atomic E-state index is 0.773. The maximum Gasteiger partial charge on any atom is 0.0200 e. The number of hydrogen-bond acceptors (Lipinski definition) is 2. The topological polar surface area (TPSA) is 15.3 Å². The van der Waals surface area contributed by atoms with Crippen molar-refractivity contribution in [2.24, 2.45) is 5.92 Å². The summed E-state index contributed by atoms with van der Waals surface area (Å²) in [4.78, 5) is 2.48. The smallest absolute Gasteiger partial charge is 0.0200 e. The zero-order valence-electron chi connectivity index (χ0n) is 10.3. The van der Waals surface area contributed by atoms with E-state index in [2.05, 4.69) is 24.2 Å². The Kier molecular flexibility index (Phi) is 4.04. The van der Waals surface area contributed by atoms with Crippen LogP contribution in [0.1, 0.15) is 45.4 Å². The molecule has 3 atom stereocenters. The SMILES string of the molecule is CCCN(C)CC1CC2CCCCC2N1. The third kappa shape index (κ3) is 2.94. The minimum absolute atomic E-state index is 0.773. The maximum atomic E-state index is 3.84. The molecule has 1 saturated carbocycles. The van der Waals surface area contributed by atoms with Gasteiger partial charge in [-0.1, -0.05) is 19.8 Å². The van der Waals surface area contributed by atoms with E-state index in [9.17, 15) is 0 Å². The Morgan fingerprint density at radius 3 is 2.80 bits per heavy atom. The molecule has 2 heteroatoms. The summed E-state index contributed by atoms with van der Waals surface area (Å²) in [6, 6.07) is 1.63. The average Bonchev–Trinajstić information content (AvgIpc) is 2.59. The molecule has 1 heterocycles. The third-order valence-electron chi connectivity index (χ3n) is 4.08. The van der Waals surface area contributed by atoms with E-state index in [1.807, 2.05) is 0 Å². The number of nitrogens with zero attached hydrogens (tertiary/aromatic N) is 1. The van der Waals surface area contributed by atoms with Crippen LogP contribution in [-0.2, 0) is 0 Å². The van der Waals surface area contributed by atoms with Crippen LogP contribution in [0.5, 0.6) is 0 Å². The Balaban J connectivity index is 1.76. The zero-order valence-corrected chi connectivity index (χ0v) is 10.3. The Labute approximate surface area is 94.4 Å². The molecule has 2 nitrogen and oxygen atoms in total. The van der Waals surface area contributed by atoms with Crippen LogP contribution in [0.2, 0.25) is 0 Å². The van der Waals surface area contributed by atoms with Crippen molar-refractivity contribution in [2.75, 3.05) is 20.1 Å². The van der Waals surface area contributed by atoms with Gasteiger partial charge in [0.05, 0.1) is 0 Å². The highest BCUT2D eigenvalue weighted by molar-refractivity contribution is 4.93. The van der Waals surface area contributed by atoms with Crippen LogP contribution in [0.3, 0.4) is 0 Å². The van der Waals surface area contributed by atoms with E-state index >= 15 is 0 Å². The van der Waals surface area contributed by atoms with E-state index in [4.69, 9.17) is 0 Å². The lowest BCUT2D eigenvalue weighted by Crippen LogP contribution is -2.39. The Bertz CT molecular complexity index is 179. The molecule has 1 saturated heterocycles. The normalized spacial score (nSPS) is 35.8. The number of likely N-dealkylation sites (N-methyl/N-ethyl adjacent to an activating group) is 1. The Morgan fingerprint density at radius 2 is 2.07 bits per heavy atom. The highest BCUT2D eigenvalue weighted by Gasteiger charge is 2.34. The van der Waals surface area contributed by atoms with Crippen LogP contribution < -0.4 is 5.32 Å². The van der Waals surface area contributed by atoms with Crippen molar-refractivity contribution >= 4 is 0 Å². The molecular formula is C13H26N2. The van der Waals surface area contributed by atoms with Gasteiger partial charge in [-0.2, -0.15) is 0 Å². The molecule has 88 valence electrons. The van der Waals surface area contributed by atoms with Gasteiger partial charge in [-0.25, -0.2) is 0 Å². The second-order valence-corrected chi connectivity index (χ2v) is 5.51. The summed E-state index contributed by atoms with van der Waals surface area (Å²) in [5.74, 6) is 0.999. The van der Waals surface area contributed by atoms with Crippen molar-refractivity contribution < 1.29 is 0 Å². The van der Waals surface area contributed by atoms with Gasteiger partial charge in [0.2, 0.25) is 0 Å². The second-order valence-electron chi connectivity index (χ2n) is 5.51. The summed E-state index contributed by atoms with van der Waals surface area (Å²) < 4.78 is 0. The minimum Gasteiger partial charge on any atom is -0.310 e. The molecule has 0 radical (unpaired) electrons. The zero-order chi connectivity index (χ0) is 10.7. The predicted molar refractivity (Wildman–Crippen MR) is 65.1 cm³/mol. The Hall–Kier alpha value is -0.0800. The first-order chi connectivity index (χ1) is 7.29. The van der Waals surface area contributed by atoms with Crippen molar-refractivity contribution in [1.82, 2.24) is 10.2 Å². The summed E-state index contributed by atoms with van der Waals surface area (Å²) in [5.41, 5.74) is 0. The molecule has 2 aliphatic rings. The molecule has 2 fully saturated rings. The molecule has 0 aromatic rings. The van der Waals surface area contributed by atoms with Gasteiger partial charge in [-0.05, 0) is 45.2 Å². The summed E-state index contributed by atoms with van der Waals surface area (Å²) >= 11 is 0. The first kappa shape index (κ1) is 11.4. The van der Waals surface area contributed by atoms with E-state index < -0.39 is 0 Å². The molecule has 0 bridgehead atoms. The molecule has 1 aliphatic heterocycles. The maximum absolute atomic E-state index is 3.84. The molecule has 1 N–H and O–H groups in total. The largest absolute Gasteiger partial charge is 0.310 e. The molecular weight excluding hydrogens is 184 g/mol. The van der Waals surface area contributed by atoms with Crippen LogP contribution in [0.4, 0.5) is 0 Å². The number of fused-ring (bicyclic) bond motifs is 1. The van der Waals surface area contributed by atoms with Gasteiger partial charge in [0.15, 0.2) is 0 Å². The molecule has 2 rings (SSSR count). The van der Waals surface area contributed by atoms with Gasteiger partial charge in [0.1, 0.15) is 0 Å². The Morgan fingerprint density at radius 1 is 1.27 bits per heavy atom. The fourth-order valence-electron chi connectivity index (χ4n) is 3.42. The van der Waals surface area contributed by atoms with Crippen LogP contribution in [0, 0.1) is 5.92 Å². The molecule has 1 aliphatic carbocycles. The second kappa shape index (κ2) is 5.31. The summed E-state index contributed by atoms with van der Waals surface area (Å²) in [6.07, 6.45) is 8.53. The highest BCUT2D eigenvalue weighted by atomic mass is 15.1. The van der Waals surface area contributed by atoms with Crippen LogP contribution >= 0.6 is 0 Å². The summed E-state index contributed by atoms with van der Waals surface area (Å²) in [7, 11) is 2.26. The van der Waals surface area contributed by atoms with Crippen molar-refractivity contribution in [2.45, 2.75) is 57.5 Å². The van der Waals surface area contributed by atoms with Crippen LogP contribution in [-0.4, -0.2) is 37.1 Å². The quantitative estimate of drug-likeness (QED) is 0.765. The van der Waals surface area contributed by atoms with Gasteiger partial charge in [0.25, 0.3) is 0 Å². The van der Waals surface area contributed by atoms with Crippen LogP contribution in [0.25, 0.3) is 0 Å². The third-order valence-corrected chi connectivity index (χ3v) is 4.08. The van der Waals surface area contributed by atoms with Gasteiger partial charge < -0.3 is 10.2 Å². The molecule has 15 heavy (non-hydrogen) atoms. The van der Waals surface area contributed by atoms with Crippen molar-refractivity contribution in [3.05, 3.63) is 0 Å². The lowest BCUT2D eigenvalue weighted by molar-refractivity contribution is 0.296. The van der Waals surface area contributed by atoms with Crippen molar-refractivity contribution in [3.63, 3.8) is 0 Å². The van der Waals surface area contributed by atoms with Gasteiger partial charge in [-0.15, -0.1) is 0 Å². The fraction of sp³-hybridized carbons (Fsp3) is 1.00. The predicted octanol–water partition coefficient (Wildman–Crippen LogP) is 2.25. The number of hydrogen-bond donors (Lipinski definition) is 1. The monoisotopic (exact) mass is 210 g/mol. The van der Waals surface area contributed by atoms with Crippen LogP contribution in [0.15, 0.2) is 0 Å². The molecule has 3 unspecified atom stereocenters. The summed E-state index contributed by atoms with van der Waals surface area (Å²) in [5, 5.41) is 3.84. The first-order valence-electron chi connectivity index (χ1n) is 6.74. The van der Waals surface area contributed by atoms with E-state index in [0.29, 0.717) is 0 Å². The molecule has 0 aromatic heterocycles. The first-order valence-corrected chi connectivity index (χ1v) is 6.74. The van der Waals surface area contributed by atoms with Gasteiger partial charge >= 0.3 is 0 Å². The average molecular weight is 210 g/mol. The van der Waals surface area contributed by atoms with E-state index in [1.165, 1.54) is 51.6 Å². The van der Waals surface area contributed by atoms with Crippen molar-refractivity contribution in [1.29, 1.82) is 0 Å².